The van der Waals surface area contributed by atoms with Crippen LogP contribution in [-0.4, -0.2) is 49.7 Å². The average molecular weight is 227 g/mol. The Bertz CT molecular complexity index is 208. The Morgan fingerprint density at radius 1 is 1.53 bits per heavy atom. The fraction of sp³-hybridized carbons (Fsp3) is 0.875. The number of carbonyl (C=O) groups excluding carboxylic acids is 1. The molecule has 0 aromatic rings. The number of nitrogens with one attached hydrogen (secondary N) is 1. The van der Waals surface area contributed by atoms with Crippen molar-refractivity contribution in [1.29, 1.82) is 0 Å². The van der Waals surface area contributed by atoms with E-state index in [-0.39, 0.29) is 0 Å². The molecular weight excluding hydrogens is 211 g/mol. The smallest absolute Gasteiger partial charge is 0.346 e. The van der Waals surface area contributed by atoms with Crippen LogP contribution in [0.2, 0.25) is 0 Å². The first kappa shape index (κ1) is 14.2. The van der Waals surface area contributed by atoms with Crippen LogP contribution in [0, 0.1) is 0 Å². The highest BCUT2D eigenvalue weighted by Gasteiger charge is 2.29. The molecule has 15 heavy (non-hydrogen) atoms. The number of nitrogens with two attached hydrogens (primary N) is 1. The van der Waals surface area contributed by atoms with E-state index < -0.39 is 24.7 Å². The predicted octanol–water partition coefficient (Wildman–Crippen LogP) is -0.0561. The van der Waals surface area contributed by atoms with Crippen LogP contribution in [0.25, 0.3) is 0 Å². The fourth-order valence-electron chi connectivity index (χ4n) is 0.932. The summed E-state index contributed by atoms with van der Waals surface area (Å²) in [4.78, 5) is 12.8. The third kappa shape index (κ3) is 6.29. The van der Waals surface area contributed by atoms with Crippen molar-refractivity contribution >= 4 is 5.91 Å². The average Bonchev–Trinajstić information content (AvgIpc) is 2.12. The van der Waals surface area contributed by atoms with Gasteiger partial charge < -0.3 is 11.1 Å². The summed E-state index contributed by atoms with van der Waals surface area (Å²) in [7, 11) is 1.63. The molecule has 0 aliphatic carbocycles. The van der Waals surface area contributed by atoms with Crippen molar-refractivity contribution in [3.8, 4) is 0 Å². The SMILES string of the molecule is CC(C(=O)NCC(F)(F)F)N(C)CCN. The maximum atomic E-state index is 11.8. The van der Waals surface area contributed by atoms with Gasteiger partial charge in [0, 0.05) is 13.1 Å². The van der Waals surface area contributed by atoms with Gasteiger partial charge in [-0.15, -0.1) is 0 Å². The van der Waals surface area contributed by atoms with E-state index in [0.717, 1.165) is 0 Å². The van der Waals surface area contributed by atoms with E-state index in [1.807, 2.05) is 5.32 Å². The molecule has 0 aromatic carbocycles. The highest BCUT2D eigenvalue weighted by molar-refractivity contribution is 5.81. The van der Waals surface area contributed by atoms with Gasteiger partial charge in [0.25, 0.3) is 0 Å². The molecule has 1 amide bonds. The Hall–Kier alpha value is -0.820. The molecular formula is C8H16F3N3O. The first-order valence-corrected chi connectivity index (χ1v) is 4.52. The molecule has 0 aliphatic heterocycles. The van der Waals surface area contributed by atoms with Gasteiger partial charge >= 0.3 is 6.18 Å². The summed E-state index contributed by atoms with van der Waals surface area (Å²) in [5.74, 6) is -0.650. The monoisotopic (exact) mass is 227 g/mol. The molecule has 0 saturated carbocycles. The molecule has 0 heterocycles. The first-order chi connectivity index (χ1) is 6.78. The second-order valence-corrected chi connectivity index (χ2v) is 3.28. The van der Waals surface area contributed by atoms with Gasteiger partial charge in [-0.1, -0.05) is 0 Å². The zero-order chi connectivity index (χ0) is 12.1. The van der Waals surface area contributed by atoms with Gasteiger partial charge in [0.05, 0.1) is 6.04 Å². The molecule has 0 radical (unpaired) electrons. The summed E-state index contributed by atoms with van der Waals surface area (Å²) in [5.41, 5.74) is 5.26. The van der Waals surface area contributed by atoms with Crippen LogP contribution in [0.5, 0.6) is 0 Å². The van der Waals surface area contributed by atoms with E-state index in [2.05, 4.69) is 0 Å². The topological polar surface area (TPSA) is 58.4 Å². The number of rotatable bonds is 5. The Morgan fingerprint density at radius 3 is 2.47 bits per heavy atom. The molecule has 4 nitrogen and oxygen atoms in total. The minimum atomic E-state index is -4.37. The van der Waals surface area contributed by atoms with Gasteiger partial charge in [0.2, 0.25) is 5.91 Å². The second kappa shape index (κ2) is 5.92. The summed E-state index contributed by atoms with van der Waals surface area (Å²) < 4.78 is 35.3. The van der Waals surface area contributed by atoms with Crippen LogP contribution >= 0.6 is 0 Å². The standard InChI is InChI=1S/C8H16F3N3O/c1-6(14(2)4-3-12)7(15)13-5-8(9,10)11/h6H,3-5,12H2,1-2H3,(H,13,15). The van der Waals surface area contributed by atoms with Crippen LogP contribution in [0.15, 0.2) is 0 Å². The Balaban J connectivity index is 3.99. The van der Waals surface area contributed by atoms with Gasteiger partial charge in [0.1, 0.15) is 6.54 Å². The van der Waals surface area contributed by atoms with Crippen molar-refractivity contribution in [2.75, 3.05) is 26.7 Å². The quantitative estimate of drug-likeness (QED) is 0.692. The Morgan fingerprint density at radius 2 is 2.07 bits per heavy atom. The van der Waals surface area contributed by atoms with E-state index in [4.69, 9.17) is 5.73 Å². The lowest BCUT2D eigenvalue weighted by molar-refractivity contribution is -0.141. The molecule has 0 aliphatic rings. The number of hydrogen-bond acceptors (Lipinski definition) is 3. The molecule has 0 bridgehead atoms. The van der Waals surface area contributed by atoms with E-state index in [1.54, 1.807) is 11.9 Å². The number of amides is 1. The maximum absolute atomic E-state index is 11.8. The normalized spacial score (nSPS) is 14.1. The number of nitrogens with zero attached hydrogens (tertiary/aromatic N) is 1. The third-order valence-corrected chi connectivity index (χ3v) is 1.99. The van der Waals surface area contributed by atoms with Crippen LogP contribution in [0.3, 0.4) is 0 Å². The number of hydrogen-bond donors (Lipinski definition) is 2. The first-order valence-electron chi connectivity index (χ1n) is 4.52. The molecule has 0 fully saturated rings. The van der Waals surface area contributed by atoms with E-state index >= 15 is 0 Å². The van der Waals surface area contributed by atoms with Crippen molar-refractivity contribution in [3.63, 3.8) is 0 Å². The lowest BCUT2D eigenvalue weighted by Gasteiger charge is -2.23. The molecule has 1 unspecified atom stereocenters. The van der Waals surface area contributed by atoms with Gasteiger partial charge in [0.15, 0.2) is 0 Å². The van der Waals surface area contributed by atoms with Crippen molar-refractivity contribution in [3.05, 3.63) is 0 Å². The molecule has 0 aromatic heterocycles. The van der Waals surface area contributed by atoms with Crippen LogP contribution in [0.4, 0.5) is 13.2 Å². The predicted molar refractivity (Wildman–Crippen MR) is 50.2 cm³/mol. The van der Waals surface area contributed by atoms with Crippen molar-refractivity contribution < 1.29 is 18.0 Å². The van der Waals surface area contributed by atoms with Gasteiger partial charge in [-0.2, -0.15) is 13.2 Å². The minimum Gasteiger partial charge on any atom is -0.346 e. The molecule has 3 N–H and O–H groups in total. The largest absolute Gasteiger partial charge is 0.405 e. The van der Waals surface area contributed by atoms with Gasteiger partial charge in [-0.3, -0.25) is 9.69 Å². The zero-order valence-corrected chi connectivity index (χ0v) is 8.77. The lowest BCUT2D eigenvalue weighted by Crippen LogP contribution is -2.47. The zero-order valence-electron chi connectivity index (χ0n) is 8.77. The number of carbonyl (C=O) groups is 1. The molecule has 1 atom stereocenters. The lowest BCUT2D eigenvalue weighted by atomic mass is 10.2. The molecule has 90 valence electrons. The Labute approximate surface area is 86.6 Å². The molecule has 0 rings (SSSR count). The van der Waals surface area contributed by atoms with Crippen molar-refractivity contribution in [2.45, 2.75) is 19.1 Å². The van der Waals surface area contributed by atoms with E-state index in [9.17, 15) is 18.0 Å². The highest BCUT2D eigenvalue weighted by atomic mass is 19.4. The number of likely N-dealkylation sites (N-methyl/N-ethyl adjacent to an activating group) is 1. The highest BCUT2D eigenvalue weighted by Crippen LogP contribution is 2.12. The van der Waals surface area contributed by atoms with E-state index in [0.29, 0.717) is 13.1 Å². The van der Waals surface area contributed by atoms with Crippen LogP contribution in [0.1, 0.15) is 6.92 Å². The summed E-state index contributed by atoms with van der Waals surface area (Å²) in [6, 6.07) is -0.615. The summed E-state index contributed by atoms with van der Waals surface area (Å²) in [5, 5.41) is 1.82. The van der Waals surface area contributed by atoms with Gasteiger partial charge in [-0.05, 0) is 14.0 Å². The fourth-order valence-corrected chi connectivity index (χ4v) is 0.932. The maximum Gasteiger partial charge on any atom is 0.405 e. The minimum absolute atomic E-state index is 0.355. The van der Waals surface area contributed by atoms with Crippen LogP contribution < -0.4 is 11.1 Å². The van der Waals surface area contributed by atoms with E-state index in [1.165, 1.54) is 6.92 Å². The molecule has 0 saturated heterocycles. The van der Waals surface area contributed by atoms with Gasteiger partial charge in [-0.25, -0.2) is 0 Å². The van der Waals surface area contributed by atoms with Crippen molar-refractivity contribution in [2.24, 2.45) is 5.73 Å². The number of halogens is 3. The summed E-state index contributed by atoms with van der Waals surface area (Å²) in [6.45, 7) is 1.04. The Kier molecular flexibility index (Phi) is 5.59. The van der Waals surface area contributed by atoms with Crippen LogP contribution in [-0.2, 0) is 4.79 Å². The molecule has 7 heteroatoms. The number of alkyl halides is 3. The second-order valence-electron chi connectivity index (χ2n) is 3.28. The summed E-state index contributed by atoms with van der Waals surface area (Å²) in [6.07, 6.45) is -4.37. The molecule has 0 spiro atoms. The van der Waals surface area contributed by atoms with Crippen molar-refractivity contribution in [1.82, 2.24) is 10.2 Å². The third-order valence-electron chi connectivity index (χ3n) is 1.99. The summed E-state index contributed by atoms with van der Waals surface area (Å²) >= 11 is 0.